The second kappa shape index (κ2) is 2.59. The molecule has 70 valence electrons. The summed E-state index contributed by atoms with van der Waals surface area (Å²) in [7, 11) is -2.84. The molecule has 2 saturated heterocycles. The van der Waals surface area contributed by atoms with Crippen molar-refractivity contribution in [3.05, 3.63) is 0 Å². The molecule has 2 heterocycles. The molecule has 0 unspecified atom stereocenters. The molecular formula is C7H11ClO3S. The van der Waals surface area contributed by atoms with Gasteiger partial charge in [0.1, 0.15) is 0 Å². The van der Waals surface area contributed by atoms with Crippen molar-refractivity contribution in [1.82, 2.24) is 0 Å². The molecule has 2 aliphatic rings. The van der Waals surface area contributed by atoms with Crippen LogP contribution in [0.15, 0.2) is 0 Å². The predicted octanol–water partition coefficient (Wildman–Crippen LogP) is 0.286. The Bertz CT molecular complexity index is 287. The summed E-state index contributed by atoms with van der Waals surface area (Å²) in [5, 5.41) is 0. The minimum atomic E-state index is -2.84. The standard InChI is InChI=1S/C7H11ClO3S/c8-3-7-4-11-1-6(7)2-12(9,10)5-7/h6H,1-5H2/t6-,7+/m1/s1. The van der Waals surface area contributed by atoms with Gasteiger partial charge in [-0.05, 0) is 0 Å². The van der Waals surface area contributed by atoms with Gasteiger partial charge in [0.2, 0.25) is 0 Å². The molecule has 5 heteroatoms. The van der Waals surface area contributed by atoms with E-state index in [0.29, 0.717) is 19.1 Å². The fourth-order valence-electron chi connectivity index (χ4n) is 2.07. The van der Waals surface area contributed by atoms with Gasteiger partial charge in [0.25, 0.3) is 0 Å². The number of alkyl halides is 1. The van der Waals surface area contributed by atoms with Gasteiger partial charge in [0, 0.05) is 17.2 Å². The smallest absolute Gasteiger partial charge is 0.151 e. The summed E-state index contributed by atoms with van der Waals surface area (Å²) < 4.78 is 27.8. The molecule has 0 N–H and O–H groups in total. The van der Waals surface area contributed by atoms with Gasteiger partial charge in [-0.15, -0.1) is 11.6 Å². The van der Waals surface area contributed by atoms with Gasteiger partial charge in [0.15, 0.2) is 9.84 Å². The highest BCUT2D eigenvalue weighted by Crippen LogP contribution is 2.43. The fraction of sp³-hybridized carbons (Fsp3) is 1.00. The lowest BCUT2D eigenvalue weighted by Gasteiger charge is -2.21. The number of fused-ring (bicyclic) bond motifs is 1. The SMILES string of the molecule is O=S1(=O)C[C@H]2COC[C@@]2(CCl)C1. The van der Waals surface area contributed by atoms with Crippen LogP contribution in [-0.4, -0.2) is 39.0 Å². The lowest BCUT2D eigenvalue weighted by atomic mass is 9.83. The average Bonchev–Trinajstić information content (AvgIpc) is 2.40. The molecule has 0 aromatic heterocycles. The van der Waals surface area contributed by atoms with Crippen LogP contribution in [0, 0.1) is 11.3 Å². The first-order valence-corrected chi connectivity index (χ1v) is 6.28. The Balaban J connectivity index is 2.32. The van der Waals surface area contributed by atoms with Crippen molar-refractivity contribution in [1.29, 1.82) is 0 Å². The summed E-state index contributed by atoms with van der Waals surface area (Å²) in [5.41, 5.74) is -0.264. The van der Waals surface area contributed by atoms with Crippen LogP contribution in [0.1, 0.15) is 0 Å². The molecule has 2 fully saturated rings. The van der Waals surface area contributed by atoms with E-state index < -0.39 is 9.84 Å². The zero-order valence-electron chi connectivity index (χ0n) is 6.62. The summed E-state index contributed by atoms with van der Waals surface area (Å²) in [6.07, 6.45) is 0. The molecule has 0 saturated carbocycles. The van der Waals surface area contributed by atoms with E-state index in [0.717, 1.165) is 0 Å². The molecule has 0 amide bonds. The Morgan fingerprint density at radius 3 is 2.92 bits per heavy atom. The number of ether oxygens (including phenoxy) is 1. The number of halogens is 1. The number of hydrogen-bond donors (Lipinski definition) is 0. The Hall–Kier alpha value is 0.200. The summed E-state index contributed by atoms with van der Waals surface area (Å²) in [6.45, 7) is 1.08. The van der Waals surface area contributed by atoms with Crippen molar-refractivity contribution in [3.8, 4) is 0 Å². The Morgan fingerprint density at radius 2 is 2.33 bits per heavy atom. The maximum absolute atomic E-state index is 11.3. The minimum Gasteiger partial charge on any atom is -0.380 e. The normalized spacial score (nSPS) is 44.6. The molecule has 0 bridgehead atoms. The Labute approximate surface area is 77.0 Å². The molecular weight excluding hydrogens is 200 g/mol. The molecule has 2 aliphatic heterocycles. The number of sulfone groups is 1. The lowest BCUT2D eigenvalue weighted by Crippen LogP contribution is -2.30. The first-order chi connectivity index (χ1) is 5.58. The van der Waals surface area contributed by atoms with Gasteiger partial charge in [-0.25, -0.2) is 8.42 Å². The molecule has 12 heavy (non-hydrogen) atoms. The third-order valence-corrected chi connectivity index (χ3v) is 5.26. The van der Waals surface area contributed by atoms with E-state index in [1.807, 2.05) is 0 Å². The van der Waals surface area contributed by atoms with E-state index in [4.69, 9.17) is 16.3 Å². The van der Waals surface area contributed by atoms with Crippen LogP contribution in [-0.2, 0) is 14.6 Å². The van der Waals surface area contributed by atoms with Crippen molar-refractivity contribution >= 4 is 21.4 Å². The first-order valence-electron chi connectivity index (χ1n) is 3.92. The molecule has 0 radical (unpaired) electrons. The van der Waals surface area contributed by atoms with Crippen molar-refractivity contribution in [2.45, 2.75) is 0 Å². The number of rotatable bonds is 1. The highest BCUT2D eigenvalue weighted by atomic mass is 35.5. The monoisotopic (exact) mass is 210 g/mol. The van der Waals surface area contributed by atoms with Crippen molar-refractivity contribution < 1.29 is 13.2 Å². The van der Waals surface area contributed by atoms with Crippen molar-refractivity contribution in [2.75, 3.05) is 30.6 Å². The Morgan fingerprint density at radius 1 is 1.58 bits per heavy atom. The largest absolute Gasteiger partial charge is 0.380 e. The summed E-state index contributed by atoms with van der Waals surface area (Å²) in [5.74, 6) is 1.02. The van der Waals surface area contributed by atoms with Crippen molar-refractivity contribution in [2.24, 2.45) is 11.3 Å². The highest BCUT2D eigenvalue weighted by molar-refractivity contribution is 7.91. The molecule has 0 aromatic carbocycles. The van der Waals surface area contributed by atoms with Gasteiger partial charge < -0.3 is 4.74 Å². The molecule has 0 aliphatic carbocycles. The fourth-order valence-corrected chi connectivity index (χ4v) is 5.05. The van der Waals surface area contributed by atoms with E-state index >= 15 is 0 Å². The summed E-state index contributed by atoms with van der Waals surface area (Å²) >= 11 is 5.78. The Kier molecular flexibility index (Phi) is 1.90. The van der Waals surface area contributed by atoms with Gasteiger partial charge in [-0.2, -0.15) is 0 Å². The topological polar surface area (TPSA) is 43.4 Å². The maximum Gasteiger partial charge on any atom is 0.151 e. The summed E-state index contributed by atoms with van der Waals surface area (Å²) in [4.78, 5) is 0. The van der Waals surface area contributed by atoms with Gasteiger partial charge in [-0.3, -0.25) is 0 Å². The number of hydrogen-bond acceptors (Lipinski definition) is 3. The zero-order chi connectivity index (χ0) is 8.82. The van der Waals surface area contributed by atoms with Crippen LogP contribution in [0.25, 0.3) is 0 Å². The predicted molar refractivity (Wildman–Crippen MR) is 46.1 cm³/mol. The highest BCUT2D eigenvalue weighted by Gasteiger charge is 2.53. The zero-order valence-corrected chi connectivity index (χ0v) is 8.20. The van der Waals surface area contributed by atoms with Crippen LogP contribution in [0.5, 0.6) is 0 Å². The van der Waals surface area contributed by atoms with Crippen LogP contribution in [0.2, 0.25) is 0 Å². The molecule has 2 rings (SSSR count). The average molecular weight is 211 g/mol. The molecule has 3 nitrogen and oxygen atoms in total. The molecule has 0 aromatic rings. The van der Waals surface area contributed by atoms with E-state index in [-0.39, 0.29) is 22.8 Å². The maximum atomic E-state index is 11.3. The van der Waals surface area contributed by atoms with E-state index in [1.165, 1.54) is 0 Å². The van der Waals surface area contributed by atoms with Crippen molar-refractivity contribution in [3.63, 3.8) is 0 Å². The third-order valence-electron chi connectivity index (χ3n) is 2.80. The van der Waals surface area contributed by atoms with Gasteiger partial charge in [0.05, 0.1) is 24.7 Å². The van der Waals surface area contributed by atoms with E-state index in [1.54, 1.807) is 0 Å². The quantitative estimate of drug-likeness (QED) is 0.585. The van der Waals surface area contributed by atoms with Crippen LogP contribution in [0.4, 0.5) is 0 Å². The third kappa shape index (κ3) is 1.17. The minimum absolute atomic E-state index is 0.139. The van der Waals surface area contributed by atoms with E-state index in [9.17, 15) is 8.42 Å². The van der Waals surface area contributed by atoms with Gasteiger partial charge in [-0.1, -0.05) is 0 Å². The van der Waals surface area contributed by atoms with Gasteiger partial charge >= 0.3 is 0 Å². The molecule has 2 atom stereocenters. The van der Waals surface area contributed by atoms with Crippen LogP contribution >= 0.6 is 11.6 Å². The second-order valence-corrected chi connectivity index (χ2v) is 6.14. The first kappa shape index (κ1) is 8.78. The van der Waals surface area contributed by atoms with Crippen LogP contribution in [0.3, 0.4) is 0 Å². The lowest BCUT2D eigenvalue weighted by molar-refractivity contribution is 0.168. The molecule has 0 spiro atoms. The van der Waals surface area contributed by atoms with Crippen LogP contribution < -0.4 is 0 Å². The summed E-state index contributed by atoms with van der Waals surface area (Å²) in [6, 6.07) is 0. The second-order valence-electron chi connectivity index (χ2n) is 3.76. The van der Waals surface area contributed by atoms with E-state index in [2.05, 4.69) is 0 Å².